The molecule has 0 bridgehead atoms. The number of halogens is 2. The van der Waals surface area contributed by atoms with Crippen molar-refractivity contribution >= 4 is 11.0 Å². The van der Waals surface area contributed by atoms with Crippen LogP contribution < -0.4 is 11.2 Å². The van der Waals surface area contributed by atoms with Crippen LogP contribution in [0.2, 0.25) is 0 Å². The Balaban J connectivity index is 2.26. The van der Waals surface area contributed by atoms with Crippen molar-refractivity contribution in [1.29, 1.82) is 0 Å². The average molecular weight is 379 g/mol. The minimum atomic E-state index is -1.07. The lowest BCUT2D eigenvalue weighted by Gasteiger charge is -2.11. The van der Waals surface area contributed by atoms with Crippen LogP contribution in [0.25, 0.3) is 16.7 Å². The highest BCUT2D eigenvalue weighted by atomic mass is 19.1. The average Bonchev–Trinajstić information content (AvgIpc) is 2.67. The van der Waals surface area contributed by atoms with Gasteiger partial charge in [-0.05, 0) is 36.8 Å². The first-order valence-electron chi connectivity index (χ1n) is 8.22. The second-order valence-electron chi connectivity index (χ2n) is 5.98. The summed E-state index contributed by atoms with van der Waals surface area (Å²) in [4.78, 5) is 29.3. The van der Waals surface area contributed by atoms with Crippen LogP contribution in [0.1, 0.15) is 12.5 Å². The second kappa shape index (κ2) is 7.45. The first-order chi connectivity index (χ1) is 13.3. The maximum atomic E-state index is 14.7. The molecule has 1 aromatic carbocycles. The summed E-state index contributed by atoms with van der Waals surface area (Å²) in [5.74, 6) is 3.22. The third-order valence-electron chi connectivity index (χ3n) is 4.03. The number of fused-ring (bicyclic) bond motifs is 1. The van der Waals surface area contributed by atoms with E-state index in [1.165, 1.54) is 25.4 Å². The summed E-state index contributed by atoms with van der Waals surface area (Å²) < 4.78 is 30.9. The minimum Gasteiger partial charge on any atom is -0.280 e. The maximum Gasteiger partial charge on any atom is 0.337 e. The highest BCUT2D eigenvalue weighted by molar-refractivity contribution is 5.73. The molecule has 0 unspecified atom stereocenters. The number of hydrogen-bond acceptors (Lipinski definition) is 3. The molecule has 0 spiro atoms. The monoisotopic (exact) mass is 379 g/mol. The van der Waals surface area contributed by atoms with E-state index in [9.17, 15) is 18.4 Å². The van der Waals surface area contributed by atoms with Crippen LogP contribution in [0.3, 0.4) is 0 Å². The summed E-state index contributed by atoms with van der Waals surface area (Å²) in [6, 6.07) is 4.89. The lowest BCUT2D eigenvalue weighted by Crippen LogP contribution is -2.39. The van der Waals surface area contributed by atoms with E-state index in [1.54, 1.807) is 19.1 Å². The fraction of sp³-hybridized carbons (Fsp3) is 0.0952. The zero-order valence-corrected chi connectivity index (χ0v) is 15.2. The lowest BCUT2D eigenvalue weighted by molar-refractivity contribution is 0.558. The van der Waals surface area contributed by atoms with Gasteiger partial charge in [0.15, 0.2) is 11.6 Å². The van der Waals surface area contributed by atoms with Crippen molar-refractivity contribution in [2.24, 2.45) is 7.05 Å². The van der Waals surface area contributed by atoms with E-state index in [0.717, 1.165) is 16.7 Å². The Morgan fingerprint density at radius 1 is 1.25 bits per heavy atom. The van der Waals surface area contributed by atoms with E-state index in [-0.39, 0.29) is 16.6 Å². The van der Waals surface area contributed by atoms with Gasteiger partial charge in [-0.1, -0.05) is 30.6 Å². The summed E-state index contributed by atoms with van der Waals surface area (Å²) in [7, 11) is 1.37. The van der Waals surface area contributed by atoms with Gasteiger partial charge < -0.3 is 0 Å². The summed E-state index contributed by atoms with van der Waals surface area (Å²) in [5, 5.41) is 0.0671. The van der Waals surface area contributed by atoms with Crippen molar-refractivity contribution < 1.29 is 8.78 Å². The van der Waals surface area contributed by atoms with Crippen LogP contribution >= 0.6 is 0 Å². The van der Waals surface area contributed by atoms with Crippen molar-refractivity contribution in [3.05, 3.63) is 92.8 Å². The number of nitrogens with zero attached hydrogens (tertiary/aromatic N) is 3. The van der Waals surface area contributed by atoms with E-state index in [2.05, 4.69) is 23.4 Å². The predicted molar refractivity (Wildman–Crippen MR) is 103 cm³/mol. The third kappa shape index (κ3) is 3.28. The Hall–Kier alpha value is -3.79. The molecule has 2 heterocycles. The SMILES string of the molecule is C=C/C=C(\C)C#Cc1cc(F)c(-n2c(=O)c3cccnc3n(C)c2=O)c(F)c1. The van der Waals surface area contributed by atoms with Crippen LogP contribution in [0.4, 0.5) is 8.78 Å². The Bertz CT molecular complexity index is 1300. The fourth-order valence-electron chi connectivity index (χ4n) is 2.72. The summed E-state index contributed by atoms with van der Waals surface area (Å²) >= 11 is 0. The molecule has 0 saturated carbocycles. The normalized spacial score (nSPS) is 11.2. The van der Waals surface area contributed by atoms with Crippen molar-refractivity contribution in [2.45, 2.75) is 6.92 Å². The Morgan fingerprint density at radius 2 is 1.93 bits per heavy atom. The van der Waals surface area contributed by atoms with Crippen LogP contribution in [0.15, 0.2) is 64.4 Å². The van der Waals surface area contributed by atoms with Gasteiger partial charge in [-0.15, -0.1) is 0 Å². The van der Waals surface area contributed by atoms with Gasteiger partial charge in [0.25, 0.3) is 5.56 Å². The molecular weight excluding hydrogens is 364 g/mol. The fourth-order valence-corrected chi connectivity index (χ4v) is 2.72. The molecule has 3 aromatic rings. The van der Waals surface area contributed by atoms with Crippen LogP contribution in [-0.2, 0) is 7.05 Å². The molecule has 0 aliphatic carbocycles. The standard InChI is InChI=1S/C21H15F2N3O2/c1-4-6-13(2)8-9-14-11-16(22)18(17(23)12-14)26-20(27)15-7-5-10-24-19(15)25(3)21(26)28/h4-7,10-12H,1H2,2-3H3/b13-6+. The largest absolute Gasteiger partial charge is 0.337 e. The maximum absolute atomic E-state index is 14.7. The molecule has 3 rings (SSSR count). The van der Waals surface area contributed by atoms with E-state index in [1.807, 2.05) is 0 Å². The topological polar surface area (TPSA) is 56.9 Å². The lowest BCUT2D eigenvalue weighted by atomic mass is 10.1. The molecule has 0 N–H and O–H groups in total. The van der Waals surface area contributed by atoms with Gasteiger partial charge in [0.1, 0.15) is 11.3 Å². The molecule has 0 amide bonds. The Kier molecular flexibility index (Phi) is 5.05. The molecule has 7 heteroatoms. The second-order valence-corrected chi connectivity index (χ2v) is 5.98. The third-order valence-corrected chi connectivity index (χ3v) is 4.03. The van der Waals surface area contributed by atoms with Crippen molar-refractivity contribution in [2.75, 3.05) is 0 Å². The number of aryl methyl sites for hydroxylation is 1. The van der Waals surface area contributed by atoms with Gasteiger partial charge in [0.05, 0.1) is 5.39 Å². The predicted octanol–water partition coefficient (Wildman–Crippen LogP) is 2.85. The number of pyridine rings is 1. The van der Waals surface area contributed by atoms with Crippen LogP contribution in [0.5, 0.6) is 0 Å². The summed E-state index contributed by atoms with van der Waals surface area (Å²) in [5.41, 5.74) is -1.65. The smallest absolute Gasteiger partial charge is 0.280 e. The van der Waals surface area contributed by atoms with E-state index in [4.69, 9.17) is 0 Å². The summed E-state index contributed by atoms with van der Waals surface area (Å²) in [6.45, 7) is 5.27. The van der Waals surface area contributed by atoms with Crippen molar-refractivity contribution in [3.8, 4) is 17.5 Å². The van der Waals surface area contributed by atoms with E-state index in [0.29, 0.717) is 10.1 Å². The quantitative estimate of drug-likeness (QED) is 0.508. The Labute approximate surface area is 158 Å². The first kappa shape index (κ1) is 19.0. The molecule has 0 aliphatic heterocycles. The van der Waals surface area contributed by atoms with Gasteiger partial charge >= 0.3 is 5.69 Å². The molecule has 5 nitrogen and oxygen atoms in total. The van der Waals surface area contributed by atoms with Crippen LogP contribution in [-0.4, -0.2) is 14.1 Å². The van der Waals surface area contributed by atoms with Gasteiger partial charge in [0.2, 0.25) is 0 Å². The highest BCUT2D eigenvalue weighted by Gasteiger charge is 2.20. The van der Waals surface area contributed by atoms with Crippen molar-refractivity contribution in [3.63, 3.8) is 0 Å². The molecule has 140 valence electrons. The van der Waals surface area contributed by atoms with Gasteiger partial charge in [-0.25, -0.2) is 23.1 Å². The minimum absolute atomic E-state index is 0.0671. The molecule has 0 saturated heterocycles. The molecule has 0 aliphatic rings. The zero-order chi connectivity index (χ0) is 20.4. The number of aromatic nitrogens is 3. The van der Waals surface area contributed by atoms with E-state index < -0.39 is 28.6 Å². The van der Waals surface area contributed by atoms with Crippen LogP contribution in [0, 0.1) is 23.5 Å². The number of hydrogen-bond donors (Lipinski definition) is 0. The number of benzene rings is 1. The number of rotatable bonds is 2. The molecule has 0 fully saturated rings. The van der Waals surface area contributed by atoms with Gasteiger partial charge in [-0.3, -0.25) is 9.36 Å². The van der Waals surface area contributed by atoms with Gasteiger partial charge in [0, 0.05) is 18.8 Å². The molecular formula is C21H15F2N3O2. The Morgan fingerprint density at radius 3 is 2.57 bits per heavy atom. The first-order valence-corrected chi connectivity index (χ1v) is 8.22. The molecule has 0 atom stereocenters. The molecule has 0 radical (unpaired) electrons. The summed E-state index contributed by atoms with van der Waals surface area (Å²) in [6.07, 6.45) is 4.62. The molecule has 2 aromatic heterocycles. The number of allylic oxidation sites excluding steroid dienone is 3. The van der Waals surface area contributed by atoms with Gasteiger partial charge in [-0.2, -0.15) is 0 Å². The van der Waals surface area contributed by atoms with Crippen molar-refractivity contribution in [1.82, 2.24) is 14.1 Å². The zero-order valence-electron chi connectivity index (χ0n) is 15.2. The van der Waals surface area contributed by atoms with E-state index >= 15 is 0 Å². The molecule has 28 heavy (non-hydrogen) atoms. The highest BCUT2D eigenvalue weighted by Crippen LogP contribution is 2.18.